The number of pyridine rings is 1. The number of quaternary nitrogens is 2. The van der Waals surface area contributed by atoms with E-state index in [9.17, 15) is 5.11 Å². The number of aromatic nitrogens is 1. The summed E-state index contributed by atoms with van der Waals surface area (Å²) in [6, 6.07) is 12.1. The topological polar surface area (TPSA) is 43.2 Å². The Morgan fingerprint density at radius 3 is 1.92 bits per heavy atom. The third kappa shape index (κ3) is 6.83. The zero-order valence-electron chi connectivity index (χ0n) is 14.5. The quantitative estimate of drug-likeness (QED) is 0.463. The van der Waals surface area contributed by atoms with Crippen molar-refractivity contribution in [1.82, 2.24) is 0 Å². The molecule has 0 saturated carbocycles. The second-order valence-corrected chi connectivity index (χ2v) is 6.18. The second-order valence-electron chi connectivity index (χ2n) is 6.18. The Bertz CT molecular complexity index is 608. The van der Waals surface area contributed by atoms with Crippen molar-refractivity contribution in [2.45, 2.75) is 13.1 Å². The number of hydrogen-bond donors (Lipinski definition) is 3. The number of H-pyrrole nitrogens is 1. The van der Waals surface area contributed by atoms with Gasteiger partial charge in [-0.25, -0.2) is 4.98 Å². The third-order valence-electron chi connectivity index (χ3n) is 3.33. The van der Waals surface area contributed by atoms with Crippen LogP contribution in [0.2, 0.25) is 0 Å². The maximum absolute atomic E-state index is 10.6. The molecule has 0 unspecified atom stereocenters. The minimum Gasteiger partial charge on any atom is -1.00 e. The van der Waals surface area contributed by atoms with Crippen molar-refractivity contribution in [1.29, 1.82) is 0 Å². The molecule has 0 amide bonds. The monoisotopic (exact) mass is 393 g/mol. The molecule has 7 heteroatoms. The van der Waals surface area contributed by atoms with Crippen LogP contribution in [-0.4, -0.2) is 33.3 Å². The SMILES string of the molecule is C[NH+](C)Cc1cc(C[NH+](C)C)c(O)c(-c2ccccc2)[nH+]1.[Cl-].[Cl-].[Cl-]. The van der Waals surface area contributed by atoms with Crippen LogP contribution in [0.4, 0.5) is 0 Å². The average molecular weight is 395 g/mol. The van der Waals surface area contributed by atoms with E-state index in [0.717, 1.165) is 35.6 Å². The summed E-state index contributed by atoms with van der Waals surface area (Å²) < 4.78 is 0. The minimum absolute atomic E-state index is 0. The Hall–Kier alpha value is -1.04. The first-order valence-corrected chi connectivity index (χ1v) is 7.38. The van der Waals surface area contributed by atoms with Gasteiger partial charge in [-0.05, 0) is 12.1 Å². The predicted octanol–water partition coefficient (Wildman–Crippen LogP) is -9.83. The van der Waals surface area contributed by atoms with Gasteiger partial charge in [-0.2, -0.15) is 0 Å². The lowest BCUT2D eigenvalue weighted by Gasteiger charge is -2.11. The Balaban J connectivity index is 0. The summed E-state index contributed by atoms with van der Waals surface area (Å²) in [7, 11) is 8.43. The Morgan fingerprint density at radius 1 is 0.875 bits per heavy atom. The van der Waals surface area contributed by atoms with Crippen molar-refractivity contribution < 1.29 is 57.1 Å². The van der Waals surface area contributed by atoms with E-state index in [1.165, 1.54) is 9.80 Å². The van der Waals surface area contributed by atoms with Crippen LogP contribution in [0.3, 0.4) is 0 Å². The molecular formula is C17H26Cl3N3O. The van der Waals surface area contributed by atoms with Gasteiger partial charge in [0.1, 0.15) is 6.54 Å². The number of nitrogens with one attached hydrogen (secondary N) is 3. The molecule has 1 aromatic carbocycles. The van der Waals surface area contributed by atoms with Gasteiger partial charge in [-0.3, -0.25) is 0 Å². The fourth-order valence-corrected chi connectivity index (χ4v) is 2.50. The fraction of sp³-hybridized carbons (Fsp3) is 0.353. The molecule has 136 valence electrons. The first-order chi connectivity index (χ1) is 9.97. The molecule has 1 heterocycles. The second kappa shape index (κ2) is 11.5. The van der Waals surface area contributed by atoms with Crippen LogP contribution in [0.5, 0.6) is 5.75 Å². The summed E-state index contributed by atoms with van der Waals surface area (Å²) >= 11 is 0. The number of halogens is 3. The lowest BCUT2D eigenvalue weighted by Crippen LogP contribution is -3.04. The molecule has 0 radical (unpaired) electrons. The van der Waals surface area contributed by atoms with Gasteiger partial charge < -0.3 is 52.1 Å². The van der Waals surface area contributed by atoms with E-state index in [1.54, 1.807) is 0 Å². The number of aromatic hydroxyl groups is 1. The zero-order valence-corrected chi connectivity index (χ0v) is 16.7. The predicted molar refractivity (Wildman–Crippen MR) is 83.1 cm³/mol. The minimum atomic E-state index is 0. The van der Waals surface area contributed by atoms with Gasteiger partial charge in [0.2, 0.25) is 5.69 Å². The zero-order chi connectivity index (χ0) is 15.4. The van der Waals surface area contributed by atoms with Gasteiger partial charge in [0.25, 0.3) is 5.69 Å². The third-order valence-corrected chi connectivity index (χ3v) is 3.33. The first kappa shape index (κ1) is 25.2. The smallest absolute Gasteiger partial charge is 0.253 e. The summed E-state index contributed by atoms with van der Waals surface area (Å²) in [5.41, 5.74) is 3.96. The average Bonchev–Trinajstić information content (AvgIpc) is 2.42. The molecule has 4 N–H and O–H groups in total. The van der Waals surface area contributed by atoms with E-state index in [-0.39, 0.29) is 37.2 Å². The van der Waals surface area contributed by atoms with Crippen LogP contribution < -0.4 is 52.0 Å². The van der Waals surface area contributed by atoms with Gasteiger partial charge in [0, 0.05) is 6.07 Å². The molecular weight excluding hydrogens is 369 g/mol. The van der Waals surface area contributed by atoms with E-state index in [4.69, 9.17) is 0 Å². The Kier molecular flexibility index (Phi) is 12.1. The molecule has 2 aromatic rings. The number of hydrogen-bond acceptors (Lipinski definition) is 1. The highest BCUT2D eigenvalue weighted by Gasteiger charge is 2.22. The molecule has 0 aliphatic carbocycles. The van der Waals surface area contributed by atoms with E-state index in [0.29, 0.717) is 5.75 Å². The van der Waals surface area contributed by atoms with Crippen LogP contribution in [0.1, 0.15) is 11.3 Å². The summed E-state index contributed by atoms with van der Waals surface area (Å²) in [6.07, 6.45) is 0. The summed E-state index contributed by atoms with van der Waals surface area (Å²) in [4.78, 5) is 6.03. The number of benzene rings is 1. The van der Waals surface area contributed by atoms with Crippen molar-refractivity contribution in [3.63, 3.8) is 0 Å². The van der Waals surface area contributed by atoms with Gasteiger partial charge in [0.15, 0.2) is 12.3 Å². The van der Waals surface area contributed by atoms with E-state index >= 15 is 0 Å². The molecule has 0 aliphatic rings. The normalized spacial score (nSPS) is 9.92. The molecule has 0 bridgehead atoms. The van der Waals surface area contributed by atoms with Gasteiger partial charge in [0.05, 0.1) is 39.3 Å². The standard InChI is InChI=1S/C17H23N3O.3ClH/c1-19(2)11-14-10-15(12-20(3)4)18-16(17(14)21)13-8-6-5-7-9-13;;;/h5-10,21H,11-12H2,1-4H3;3*1H. The molecule has 4 nitrogen and oxygen atoms in total. The lowest BCUT2D eigenvalue weighted by molar-refractivity contribution is -0.877. The largest absolute Gasteiger partial charge is 1.00 e. The van der Waals surface area contributed by atoms with Gasteiger partial charge >= 0.3 is 0 Å². The maximum Gasteiger partial charge on any atom is 0.253 e. The molecule has 0 aliphatic heterocycles. The van der Waals surface area contributed by atoms with Crippen LogP contribution >= 0.6 is 0 Å². The van der Waals surface area contributed by atoms with Crippen LogP contribution in [0.15, 0.2) is 36.4 Å². The van der Waals surface area contributed by atoms with Crippen molar-refractivity contribution in [2.75, 3.05) is 28.2 Å². The first-order valence-electron chi connectivity index (χ1n) is 7.38. The summed E-state index contributed by atoms with van der Waals surface area (Å²) in [5.74, 6) is 0.361. The molecule has 0 fully saturated rings. The molecule has 0 atom stereocenters. The lowest BCUT2D eigenvalue weighted by atomic mass is 10.1. The van der Waals surface area contributed by atoms with E-state index < -0.39 is 0 Å². The fourth-order valence-electron chi connectivity index (χ4n) is 2.50. The highest BCUT2D eigenvalue weighted by Crippen LogP contribution is 2.28. The van der Waals surface area contributed by atoms with Crippen molar-refractivity contribution >= 4 is 0 Å². The highest BCUT2D eigenvalue weighted by molar-refractivity contribution is 5.64. The van der Waals surface area contributed by atoms with Crippen molar-refractivity contribution in [2.24, 2.45) is 0 Å². The Labute approximate surface area is 163 Å². The molecule has 24 heavy (non-hydrogen) atoms. The van der Waals surface area contributed by atoms with Crippen molar-refractivity contribution in [3.05, 3.63) is 47.7 Å². The highest BCUT2D eigenvalue weighted by atomic mass is 35.5. The van der Waals surface area contributed by atoms with Crippen molar-refractivity contribution in [3.8, 4) is 17.0 Å². The van der Waals surface area contributed by atoms with Gasteiger partial charge in [-0.15, -0.1) is 0 Å². The number of aromatic amines is 1. The Morgan fingerprint density at radius 2 is 1.42 bits per heavy atom. The summed E-state index contributed by atoms with van der Waals surface area (Å²) in [6.45, 7) is 1.70. The summed E-state index contributed by atoms with van der Waals surface area (Å²) in [5, 5.41) is 10.6. The van der Waals surface area contributed by atoms with E-state index in [1.807, 2.05) is 30.3 Å². The molecule has 2 rings (SSSR count). The molecule has 0 spiro atoms. The van der Waals surface area contributed by atoms with Crippen LogP contribution in [-0.2, 0) is 13.1 Å². The maximum atomic E-state index is 10.6. The molecule has 1 aromatic heterocycles. The van der Waals surface area contributed by atoms with Gasteiger partial charge in [-0.1, -0.05) is 18.2 Å². The van der Waals surface area contributed by atoms with E-state index in [2.05, 4.69) is 39.2 Å². The van der Waals surface area contributed by atoms with Crippen LogP contribution in [0, 0.1) is 0 Å². The number of rotatable bonds is 5. The molecule has 0 saturated heterocycles. The van der Waals surface area contributed by atoms with Crippen LogP contribution in [0.25, 0.3) is 11.3 Å².